The smallest absolute Gasteiger partial charge is 0.253 e. The first-order chi connectivity index (χ1) is 18.8. The Balaban J connectivity index is 1.25. The fourth-order valence-corrected chi connectivity index (χ4v) is 4.81. The van der Waals surface area contributed by atoms with Crippen molar-refractivity contribution in [3.63, 3.8) is 0 Å². The van der Waals surface area contributed by atoms with E-state index in [9.17, 15) is 9.18 Å². The van der Waals surface area contributed by atoms with Gasteiger partial charge in [0, 0.05) is 36.0 Å². The van der Waals surface area contributed by atoms with Gasteiger partial charge in [0.1, 0.15) is 17.6 Å². The first-order valence-corrected chi connectivity index (χ1v) is 12.8. The lowest BCUT2D eigenvalue weighted by Gasteiger charge is -2.31. The Morgan fingerprint density at radius 1 is 1.21 bits per heavy atom. The van der Waals surface area contributed by atoms with Crippen LogP contribution in [0.25, 0.3) is 11.3 Å². The monoisotopic (exact) mass is 545 g/mol. The molecule has 2 aromatic heterocycles. The second-order valence-electron chi connectivity index (χ2n) is 9.27. The predicted octanol–water partition coefficient (Wildman–Crippen LogP) is 5.20. The number of nitrogen functional groups attached to an aromatic ring is 1. The van der Waals surface area contributed by atoms with Crippen LogP contribution in [0.5, 0.6) is 5.75 Å². The number of pyridine rings is 1. The van der Waals surface area contributed by atoms with Crippen molar-refractivity contribution in [2.24, 2.45) is 0 Å². The zero-order chi connectivity index (χ0) is 27.5. The lowest BCUT2D eigenvalue weighted by atomic mass is 10.0. The number of nitriles is 1. The molecule has 0 spiro atoms. The van der Waals surface area contributed by atoms with Crippen molar-refractivity contribution >= 4 is 23.3 Å². The van der Waals surface area contributed by atoms with Gasteiger partial charge in [-0.05, 0) is 56.2 Å². The van der Waals surface area contributed by atoms with E-state index in [1.54, 1.807) is 66.6 Å². The fraction of sp³-hybridized carbons (Fsp3) is 0.250. The topological polar surface area (TPSA) is 123 Å². The summed E-state index contributed by atoms with van der Waals surface area (Å²) in [6.07, 6.45) is 4.08. The summed E-state index contributed by atoms with van der Waals surface area (Å²) in [4.78, 5) is 20.6. The summed E-state index contributed by atoms with van der Waals surface area (Å²) in [5.41, 5.74) is 8.89. The predicted molar refractivity (Wildman–Crippen MR) is 143 cm³/mol. The number of hydrogen-bond donors (Lipinski definition) is 1. The van der Waals surface area contributed by atoms with E-state index in [-0.39, 0.29) is 22.8 Å². The summed E-state index contributed by atoms with van der Waals surface area (Å²) >= 11 is 6.11. The van der Waals surface area contributed by atoms with Crippen LogP contribution in [0.3, 0.4) is 0 Å². The molecule has 1 saturated heterocycles. The Morgan fingerprint density at radius 2 is 1.95 bits per heavy atom. The standard InChI is InChI=1S/C28H25ClFN7O2/c1-17(22-3-2-4-23(30)26(22)29)39-25-13-20(15-33-27(25)32)24-16-34-37(35-24)21-9-11-36(12-10-21)28(38)19-7-5-18(14-31)6-8-19/h2-8,13,15-17,21H,9-12H2,1H3,(H2,32,33)/t17-/m1/s1. The molecule has 1 aliphatic rings. The number of carbonyl (C=O) groups is 1. The Hall–Kier alpha value is -4.49. The molecule has 39 heavy (non-hydrogen) atoms. The molecule has 1 fully saturated rings. The third-order valence-electron chi connectivity index (χ3n) is 6.75. The van der Waals surface area contributed by atoms with Gasteiger partial charge in [-0.25, -0.2) is 9.37 Å². The van der Waals surface area contributed by atoms with Gasteiger partial charge in [-0.1, -0.05) is 23.7 Å². The first-order valence-electron chi connectivity index (χ1n) is 12.4. The number of rotatable bonds is 6. The quantitative estimate of drug-likeness (QED) is 0.353. The normalized spacial score (nSPS) is 14.6. The highest BCUT2D eigenvalue weighted by Gasteiger charge is 2.26. The van der Waals surface area contributed by atoms with Crippen LogP contribution in [0.15, 0.2) is 60.9 Å². The number of nitrogens with two attached hydrogens (primary N) is 1. The highest BCUT2D eigenvalue weighted by Crippen LogP contribution is 2.33. The number of aromatic nitrogens is 4. The van der Waals surface area contributed by atoms with Crippen molar-refractivity contribution in [3.05, 3.63) is 88.5 Å². The summed E-state index contributed by atoms with van der Waals surface area (Å²) in [6, 6.07) is 15.0. The average molecular weight is 546 g/mol. The van der Waals surface area contributed by atoms with Crippen LogP contribution >= 0.6 is 11.6 Å². The molecular formula is C28H25ClFN7O2. The molecular weight excluding hydrogens is 521 g/mol. The molecule has 11 heteroatoms. The molecule has 2 N–H and O–H groups in total. The number of halogens is 2. The number of hydrogen-bond acceptors (Lipinski definition) is 7. The molecule has 2 aromatic carbocycles. The number of ether oxygens (including phenoxy) is 1. The third-order valence-corrected chi connectivity index (χ3v) is 7.15. The van der Waals surface area contributed by atoms with E-state index in [0.29, 0.717) is 59.6 Å². The van der Waals surface area contributed by atoms with Crippen molar-refractivity contribution in [3.8, 4) is 23.1 Å². The number of likely N-dealkylation sites (tertiary alicyclic amines) is 1. The van der Waals surface area contributed by atoms with Crippen molar-refractivity contribution in [2.45, 2.75) is 31.9 Å². The van der Waals surface area contributed by atoms with E-state index in [1.807, 2.05) is 4.90 Å². The zero-order valence-corrected chi connectivity index (χ0v) is 21.8. The number of amides is 1. The highest BCUT2D eigenvalue weighted by atomic mass is 35.5. The van der Waals surface area contributed by atoms with E-state index in [0.717, 1.165) is 0 Å². The van der Waals surface area contributed by atoms with Crippen molar-refractivity contribution in [1.29, 1.82) is 5.26 Å². The molecule has 0 saturated carbocycles. The van der Waals surface area contributed by atoms with Gasteiger partial charge < -0.3 is 15.4 Å². The molecule has 9 nitrogen and oxygen atoms in total. The van der Waals surface area contributed by atoms with E-state index in [1.165, 1.54) is 6.07 Å². The number of anilines is 1. The largest absolute Gasteiger partial charge is 0.482 e. The summed E-state index contributed by atoms with van der Waals surface area (Å²) in [5.74, 6) is -0.0684. The van der Waals surface area contributed by atoms with E-state index in [2.05, 4.69) is 21.3 Å². The Bertz CT molecular complexity index is 1540. The van der Waals surface area contributed by atoms with Crippen LogP contribution < -0.4 is 10.5 Å². The maximum Gasteiger partial charge on any atom is 0.253 e. The third kappa shape index (κ3) is 5.54. The number of piperidine rings is 1. The van der Waals surface area contributed by atoms with Gasteiger partial charge in [-0.15, -0.1) is 0 Å². The Morgan fingerprint density at radius 3 is 2.67 bits per heavy atom. The van der Waals surface area contributed by atoms with Gasteiger partial charge in [0.15, 0.2) is 11.6 Å². The first kappa shape index (κ1) is 26.1. The summed E-state index contributed by atoms with van der Waals surface area (Å²) in [7, 11) is 0. The summed E-state index contributed by atoms with van der Waals surface area (Å²) in [6.45, 7) is 2.89. The molecule has 3 heterocycles. The lowest BCUT2D eigenvalue weighted by Crippen LogP contribution is -2.39. The van der Waals surface area contributed by atoms with Gasteiger partial charge >= 0.3 is 0 Å². The Kier molecular flexibility index (Phi) is 7.43. The number of benzene rings is 2. The molecule has 0 unspecified atom stereocenters. The van der Waals surface area contributed by atoms with Gasteiger partial charge in [-0.3, -0.25) is 4.79 Å². The van der Waals surface area contributed by atoms with Crippen LogP contribution in [-0.4, -0.2) is 43.9 Å². The molecule has 1 atom stereocenters. The maximum atomic E-state index is 13.9. The van der Waals surface area contributed by atoms with Crippen molar-refractivity contribution < 1.29 is 13.9 Å². The minimum atomic E-state index is -0.569. The summed E-state index contributed by atoms with van der Waals surface area (Å²) < 4.78 is 19.9. The van der Waals surface area contributed by atoms with E-state index in [4.69, 9.17) is 27.3 Å². The van der Waals surface area contributed by atoms with Crippen LogP contribution in [0.4, 0.5) is 10.2 Å². The van der Waals surface area contributed by atoms with Crippen LogP contribution in [0.1, 0.15) is 53.4 Å². The fourth-order valence-electron chi connectivity index (χ4n) is 4.53. The molecule has 198 valence electrons. The maximum absolute atomic E-state index is 13.9. The van der Waals surface area contributed by atoms with Crippen molar-refractivity contribution in [1.82, 2.24) is 24.9 Å². The number of nitrogens with zero attached hydrogens (tertiary/aromatic N) is 6. The highest BCUT2D eigenvalue weighted by molar-refractivity contribution is 6.31. The zero-order valence-electron chi connectivity index (χ0n) is 21.1. The Labute approximate surface area is 229 Å². The lowest BCUT2D eigenvalue weighted by molar-refractivity contribution is 0.0684. The van der Waals surface area contributed by atoms with Gasteiger partial charge in [0.2, 0.25) is 0 Å². The van der Waals surface area contributed by atoms with Crippen LogP contribution in [-0.2, 0) is 0 Å². The van der Waals surface area contributed by atoms with Crippen LogP contribution in [0, 0.1) is 17.1 Å². The number of carbonyl (C=O) groups excluding carboxylic acids is 1. The molecule has 1 aliphatic heterocycles. The molecule has 0 radical (unpaired) electrons. The SMILES string of the molecule is C[C@@H](Oc1cc(-c2cnn(C3CCN(C(=O)c4ccc(C#N)cc4)CC3)n2)cnc1N)c1cccc(F)c1Cl. The van der Waals surface area contributed by atoms with Gasteiger partial charge in [0.05, 0.1) is 28.9 Å². The summed E-state index contributed by atoms with van der Waals surface area (Å²) in [5, 5.41) is 18.1. The molecule has 1 amide bonds. The van der Waals surface area contributed by atoms with Gasteiger partial charge in [-0.2, -0.15) is 20.3 Å². The molecule has 4 aromatic rings. The minimum Gasteiger partial charge on any atom is -0.482 e. The second-order valence-corrected chi connectivity index (χ2v) is 9.65. The van der Waals surface area contributed by atoms with Crippen molar-refractivity contribution in [2.75, 3.05) is 18.8 Å². The molecule has 5 rings (SSSR count). The molecule has 0 bridgehead atoms. The second kappa shape index (κ2) is 11.1. The average Bonchev–Trinajstić information content (AvgIpc) is 3.46. The van der Waals surface area contributed by atoms with Crippen LogP contribution in [0.2, 0.25) is 5.02 Å². The van der Waals surface area contributed by atoms with E-state index < -0.39 is 11.9 Å². The minimum absolute atomic E-state index is 0.000259. The van der Waals surface area contributed by atoms with Gasteiger partial charge in [0.25, 0.3) is 5.91 Å². The van der Waals surface area contributed by atoms with E-state index >= 15 is 0 Å². The molecule has 0 aliphatic carbocycles.